The Labute approximate surface area is 116 Å². The van der Waals surface area contributed by atoms with Crippen LogP contribution in [0.25, 0.3) is 0 Å². The largest absolute Gasteiger partial charge is 0.490 e. The van der Waals surface area contributed by atoms with E-state index in [0.717, 1.165) is 10.9 Å². The van der Waals surface area contributed by atoms with Crippen LogP contribution in [0.1, 0.15) is 37.0 Å². The van der Waals surface area contributed by atoms with Crippen LogP contribution in [-0.2, 0) is 0 Å². The van der Waals surface area contributed by atoms with E-state index in [1.165, 1.54) is 0 Å². The van der Waals surface area contributed by atoms with Crippen molar-refractivity contribution >= 4 is 21.7 Å². The standard InChI is InChI=1S/C14H17BrO3/c1-9(2)6-12(16)10-7-13-14(8-11(10)15)18-5-3-4-17-13/h7-9H,3-6H2,1-2H3. The van der Waals surface area contributed by atoms with Crippen molar-refractivity contribution < 1.29 is 14.3 Å². The van der Waals surface area contributed by atoms with Gasteiger partial charge in [0.1, 0.15) is 0 Å². The number of ether oxygens (including phenoxy) is 2. The molecule has 0 saturated carbocycles. The Morgan fingerprint density at radius 3 is 2.50 bits per heavy atom. The molecule has 1 aliphatic rings. The quantitative estimate of drug-likeness (QED) is 0.795. The average Bonchev–Trinajstić information content (AvgIpc) is 2.51. The predicted octanol–water partition coefficient (Wildman–Crippen LogP) is 3.84. The van der Waals surface area contributed by atoms with Crippen molar-refractivity contribution in [3.63, 3.8) is 0 Å². The number of fused-ring (bicyclic) bond motifs is 1. The smallest absolute Gasteiger partial charge is 0.164 e. The molecule has 3 nitrogen and oxygen atoms in total. The molecular formula is C14H17BrO3. The SMILES string of the molecule is CC(C)CC(=O)c1cc2c(cc1Br)OCCCO2. The van der Waals surface area contributed by atoms with E-state index >= 15 is 0 Å². The molecule has 2 rings (SSSR count). The van der Waals surface area contributed by atoms with Gasteiger partial charge in [0, 0.05) is 22.9 Å². The lowest BCUT2D eigenvalue weighted by atomic mass is 10.0. The first-order valence-electron chi connectivity index (χ1n) is 6.20. The number of hydrogen-bond donors (Lipinski definition) is 0. The third-order valence-corrected chi connectivity index (χ3v) is 3.39. The molecule has 0 fully saturated rings. The lowest BCUT2D eigenvalue weighted by molar-refractivity contribution is 0.0966. The molecular weight excluding hydrogens is 296 g/mol. The van der Waals surface area contributed by atoms with Crippen LogP contribution in [0.5, 0.6) is 11.5 Å². The van der Waals surface area contributed by atoms with Crippen LogP contribution in [0.15, 0.2) is 16.6 Å². The molecule has 0 aromatic heterocycles. The Balaban J connectivity index is 2.31. The fourth-order valence-corrected chi connectivity index (χ4v) is 2.42. The van der Waals surface area contributed by atoms with Gasteiger partial charge in [0.15, 0.2) is 17.3 Å². The highest BCUT2D eigenvalue weighted by molar-refractivity contribution is 9.10. The molecule has 98 valence electrons. The van der Waals surface area contributed by atoms with Crippen molar-refractivity contribution in [1.29, 1.82) is 0 Å². The summed E-state index contributed by atoms with van der Waals surface area (Å²) in [4.78, 5) is 12.1. The van der Waals surface area contributed by atoms with Gasteiger partial charge in [0.05, 0.1) is 13.2 Å². The van der Waals surface area contributed by atoms with Crippen molar-refractivity contribution in [3.8, 4) is 11.5 Å². The van der Waals surface area contributed by atoms with Crippen molar-refractivity contribution in [2.45, 2.75) is 26.7 Å². The fourth-order valence-electron chi connectivity index (χ4n) is 1.88. The number of carbonyl (C=O) groups excluding carboxylic acids is 1. The molecule has 0 unspecified atom stereocenters. The molecule has 0 amide bonds. The lowest BCUT2D eigenvalue weighted by Crippen LogP contribution is -2.05. The summed E-state index contributed by atoms with van der Waals surface area (Å²) >= 11 is 3.44. The number of hydrogen-bond acceptors (Lipinski definition) is 3. The van der Waals surface area contributed by atoms with Crippen LogP contribution in [0.4, 0.5) is 0 Å². The molecule has 0 spiro atoms. The highest BCUT2D eigenvalue weighted by Gasteiger charge is 2.18. The maximum Gasteiger partial charge on any atom is 0.164 e. The summed E-state index contributed by atoms with van der Waals surface area (Å²) in [5.74, 6) is 1.86. The molecule has 0 radical (unpaired) electrons. The van der Waals surface area contributed by atoms with E-state index in [1.807, 2.05) is 19.9 Å². The van der Waals surface area contributed by atoms with Gasteiger partial charge in [-0.1, -0.05) is 13.8 Å². The van der Waals surface area contributed by atoms with E-state index < -0.39 is 0 Å². The van der Waals surface area contributed by atoms with Crippen molar-refractivity contribution in [3.05, 3.63) is 22.2 Å². The summed E-state index contributed by atoms with van der Waals surface area (Å²) in [5.41, 5.74) is 0.674. The maximum absolute atomic E-state index is 12.1. The normalized spacial score (nSPS) is 14.4. The van der Waals surface area contributed by atoms with Crippen LogP contribution in [0.3, 0.4) is 0 Å². The summed E-state index contributed by atoms with van der Waals surface area (Å²) in [6, 6.07) is 3.61. The molecule has 0 bridgehead atoms. The van der Waals surface area contributed by atoms with E-state index in [1.54, 1.807) is 6.07 Å². The zero-order valence-corrected chi connectivity index (χ0v) is 12.2. The van der Waals surface area contributed by atoms with E-state index in [9.17, 15) is 4.79 Å². The molecule has 0 saturated heterocycles. The Kier molecular flexibility index (Phi) is 4.27. The first-order chi connectivity index (χ1) is 8.58. The lowest BCUT2D eigenvalue weighted by Gasteiger charge is -2.11. The van der Waals surface area contributed by atoms with E-state index in [2.05, 4.69) is 15.9 Å². The Bertz CT molecular complexity index is 455. The van der Waals surface area contributed by atoms with Crippen molar-refractivity contribution in [2.75, 3.05) is 13.2 Å². The van der Waals surface area contributed by atoms with Crippen LogP contribution in [-0.4, -0.2) is 19.0 Å². The highest BCUT2D eigenvalue weighted by Crippen LogP contribution is 2.35. The molecule has 0 N–H and O–H groups in total. The van der Waals surface area contributed by atoms with Gasteiger partial charge in [-0.2, -0.15) is 0 Å². The van der Waals surface area contributed by atoms with E-state index in [0.29, 0.717) is 42.6 Å². The van der Waals surface area contributed by atoms with Crippen LogP contribution >= 0.6 is 15.9 Å². The Morgan fingerprint density at radius 2 is 1.89 bits per heavy atom. The molecule has 1 heterocycles. The van der Waals surface area contributed by atoms with Gasteiger partial charge < -0.3 is 9.47 Å². The van der Waals surface area contributed by atoms with Gasteiger partial charge in [0.2, 0.25) is 0 Å². The maximum atomic E-state index is 12.1. The van der Waals surface area contributed by atoms with Crippen LogP contribution in [0.2, 0.25) is 0 Å². The number of Topliss-reactive ketones (excluding diaryl/α,β-unsaturated/α-hetero) is 1. The molecule has 0 aliphatic carbocycles. The van der Waals surface area contributed by atoms with Gasteiger partial charge in [-0.3, -0.25) is 4.79 Å². The van der Waals surface area contributed by atoms with Gasteiger partial charge in [-0.05, 0) is 34.0 Å². The second-order valence-corrected chi connectivity index (χ2v) is 5.70. The first-order valence-corrected chi connectivity index (χ1v) is 6.99. The van der Waals surface area contributed by atoms with E-state index in [-0.39, 0.29) is 5.78 Å². The molecule has 0 atom stereocenters. The van der Waals surface area contributed by atoms with Gasteiger partial charge in [0.25, 0.3) is 0 Å². The molecule has 1 aromatic rings. The molecule has 1 aromatic carbocycles. The summed E-state index contributed by atoms with van der Waals surface area (Å²) in [6.07, 6.45) is 1.40. The van der Waals surface area contributed by atoms with Crippen LogP contribution in [0, 0.1) is 5.92 Å². The number of carbonyl (C=O) groups is 1. The Hall–Kier alpha value is -1.03. The summed E-state index contributed by atoms with van der Waals surface area (Å²) in [5, 5.41) is 0. The monoisotopic (exact) mass is 312 g/mol. The topological polar surface area (TPSA) is 35.5 Å². The second kappa shape index (κ2) is 5.74. The van der Waals surface area contributed by atoms with Crippen LogP contribution < -0.4 is 9.47 Å². The predicted molar refractivity (Wildman–Crippen MR) is 73.5 cm³/mol. The summed E-state index contributed by atoms with van der Waals surface area (Å²) < 4.78 is 12.0. The zero-order valence-electron chi connectivity index (χ0n) is 10.7. The molecule has 1 aliphatic heterocycles. The number of benzene rings is 1. The summed E-state index contributed by atoms with van der Waals surface area (Å²) in [7, 11) is 0. The van der Waals surface area contributed by atoms with Gasteiger partial charge >= 0.3 is 0 Å². The average molecular weight is 313 g/mol. The second-order valence-electron chi connectivity index (χ2n) is 4.85. The van der Waals surface area contributed by atoms with Gasteiger partial charge in [-0.25, -0.2) is 0 Å². The minimum atomic E-state index is 0.132. The van der Waals surface area contributed by atoms with Gasteiger partial charge in [-0.15, -0.1) is 0 Å². The summed E-state index contributed by atoms with van der Waals surface area (Å²) in [6.45, 7) is 5.36. The fraction of sp³-hybridized carbons (Fsp3) is 0.500. The highest BCUT2D eigenvalue weighted by atomic mass is 79.9. The minimum Gasteiger partial charge on any atom is -0.490 e. The molecule has 18 heavy (non-hydrogen) atoms. The first kappa shape index (κ1) is 13.4. The van der Waals surface area contributed by atoms with Crippen molar-refractivity contribution in [1.82, 2.24) is 0 Å². The number of rotatable bonds is 3. The van der Waals surface area contributed by atoms with Crippen molar-refractivity contribution in [2.24, 2.45) is 5.92 Å². The third kappa shape index (κ3) is 3.05. The minimum absolute atomic E-state index is 0.132. The van der Waals surface area contributed by atoms with E-state index in [4.69, 9.17) is 9.47 Å². The third-order valence-electron chi connectivity index (χ3n) is 2.73. The molecule has 4 heteroatoms. The Morgan fingerprint density at radius 1 is 1.28 bits per heavy atom. The number of halogens is 1. The number of ketones is 1. The zero-order chi connectivity index (χ0) is 13.1.